The number of carbonyl (C=O) groups is 1. The van der Waals surface area contributed by atoms with E-state index in [0.29, 0.717) is 25.2 Å². The molecule has 27 heavy (non-hydrogen) atoms. The molecule has 0 unspecified atom stereocenters. The van der Waals surface area contributed by atoms with E-state index < -0.39 is 0 Å². The van der Waals surface area contributed by atoms with Crippen LogP contribution in [0.25, 0.3) is 0 Å². The lowest BCUT2D eigenvalue weighted by Gasteiger charge is -2.33. The van der Waals surface area contributed by atoms with Gasteiger partial charge in [-0.25, -0.2) is 0 Å². The van der Waals surface area contributed by atoms with Crippen LogP contribution in [0.1, 0.15) is 47.5 Å². The average Bonchev–Trinajstić information content (AvgIpc) is 2.57. The second-order valence-electron chi connectivity index (χ2n) is 8.18. The Kier molecular flexibility index (Phi) is 13.2. The minimum Gasteiger partial charge on any atom is -0.377 e. The predicted octanol–water partition coefficient (Wildman–Crippen LogP) is 1.82. The third-order valence-corrected chi connectivity index (χ3v) is 4.39. The zero-order chi connectivity index (χ0) is 19.6. The van der Waals surface area contributed by atoms with E-state index in [1.165, 1.54) is 0 Å². The number of carbonyl (C=O) groups excluding carboxylic acids is 1. The molecule has 0 atom stereocenters. The Labute approximate surface area is 182 Å². The van der Waals surface area contributed by atoms with Crippen molar-refractivity contribution in [1.82, 2.24) is 20.9 Å². The second kappa shape index (κ2) is 13.5. The fraction of sp³-hybridized carbons (Fsp3) is 0.895. The van der Waals surface area contributed by atoms with Crippen molar-refractivity contribution in [2.24, 2.45) is 10.4 Å². The van der Waals surface area contributed by atoms with E-state index in [2.05, 4.69) is 39.7 Å². The van der Waals surface area contributed by atoms with Crippen molar-refractivity contribution in [3.05, 3.63) is 0 Å². The van der Waals surface area contributed by atoms with Crippen LogP contribution in [0.4, 0.5) is 0 Å². The standard InChI is InChI=1S/C19H39N5O2.HI/c1-15(2)26-14-13-24-11-7-16(8-12-24)23-18(20-6)22-10-9-21-17(25)19(3,4)5;/h15-16H,7-14H2,1-6H3,(H,21,25)(H2,20,22,23);1H. The zero-order valence-corrected chi connectivity index (χ0v) is 20.3. The summed E-state index contributed by atoms with van der Waals surface area (Å²) in [7, 11) is 1.78. The Hall–Kier alpha value is -0.610. The number of hydrogen-bond donors (Lipinski definition) is 3. The molecule has 0 bridgehead atoms. The Morgan fingerprint density at radius 1 is 1.19 bits per heavy atom. The summed E-state index contributed by atoms with van der Waals surface area (Å²) < 4.78 is 5.63. The van der Waals surface area contributed by atoms with Crippen LogP contribution < -0.4 is 16.0 Å². The summed E-state index contributed by atoms with van der Waals surface area (Å²) >= 11 is 0. The zero-order valence-electron chi connectivity index (χ0n) is 17.9. The number of rotatable bonds is 8. The minimum absolute atomic E-state index is 0. The highest BCUT2D eigenvalue weighted by Crippen LogP contribution is 2.12. The molecule has 0 aromatic carbocycles. The molecule has 1 saturated heterocycles. The van der Waals surface area contributed by atoms with Gasteiger partial charge in [-0.1, -0.05) is 20.8 Å². The molecular formula is C19H40IN5O2. The third-order valence-electron chi connectivity index (χ3n) is 4.39. The monoisotopic (exact) mass is 497 g/mol. The first-order chi connectivity index (χ1) is 12.2. The molecule has 1 rings (SSSR count). The van der Waals surface area contributed by atoms with E-state index in [4.69, 9.17) is 4.74 Å². The van der Waals surface area contributed by atoms with Gasteiger partial charge < -0.3 is 25.6 Å². The molecule has 8 heteroatoms. The van der Waals surface area contributed by atoms with Crippen molar-refractivity contribution < 1.29 is 9.53 Å². The first-order valence-electron chi connectivity index (χ1n) is 9.81. The lowest BCUT2D eigenvalue weighted by Crippen LogP contribution is -2.50. The largest absolute Gasteiger partial charge is 0.377 e. The maximum absolute atomic E-state index is 11.8. The number of amides is 1. The summed E-state index contributed by atoms with van der Waals surface area (Å²) in [6.07, 6.45) is 2.50. The summed E-state index contributed by atoms with van der Waals surface area (Å²) in [5.74, 6) is 0.868. The molecule has 7 nitrogen and oxygen atoms in total. The molecule has 3 N–H and O–H groups in total. The summed E-state index contributed by atoms with van der Waals surface area (Å²) in [5.41, 5.74) is -0.353. The number of hydrogen-bond acceptors (Lipinski definition) is 4. The Bertz CT molecular complexity index is 444. The second-order valence-corrected chi connectivity index (χ2v) is 8.18. The van der Waals surface area contributed by atoms with Crippen molar-refractivity contribution in [3.8, 4) is 0 Å². The van der Waals surface area contributed by atoms with E-state index >= 15 is 0 Å². The van der Waals surface area contributed by atoms with Gasteiger partial charge in [0.2, 0.25) is 5.91 Å². The van der Waals surface area contributed by atoms with Gasteiger partial charge in [0, 0.05) is 51.2 Å². The number of guanidine groups is 1. The van der Waals surface area contributed by atoms with E-state index in [1.807, 2.05) is 20.8 Å². The van der Waals surface area contributed by atoms with Gasteiger partial charge in [-0.2, -0.15) is 0 Å². The van der Waals surface area contributed by atoms with Gasteiger partial charge in [0.15, 0.2) is 5.96 Å². The number of likely N-dealkylation sites (tertiary alicyclic amines) is 1. The SMILES string of the molecule is CN=C(NCCNC(=O)C(C)(C)C)NC1CCN(CCOC(C)C)CC1.I. The smallest absolute Gasteiger partial charge is 0.225 e. The minimum atomic E-state index is -0.353. The van der Waals surface area contributed by atoms with Gasteiger partial charge in [-0.3, -0.25) is 9.79 Å². The van der Waals surface area contributed by atoms with Gasteiger partial charge in [-0.05, 0) is 26.7 Å². The fourth-order valence-electron chi connectivity index (χ4n) is 2.73. The molecule has 1 heterocycles. The van der Waals surface area contributed by atoms with Gasteiger partial charge in [0.25, 0.3) is 0 Å². The van der Waals surface area contributed by atoms with Crippen LogP contribution in [0.3, 0.4) is 0 Å². The first kappa shape index (κ1) is 26.4. The van der Waals surface area contributed by atoms with Crippen molar-refractivity contribution in [2.45, 2.75) is 59.6 Å². The highest BCUT2D eigenvalue weighted by Gasteiger charge is 2.21. The maximum Gasteiger partial charge on any atom is 0.225 e. The molecule has 0 spiro atoms. The van der Waals surface area contributed by atoms with Gasteiger partial charge >= 0.3 is 0 Å². The fourth-order valence-corrected chi connectivity index (χ4v) is 2.73. The van der Waals surface area contributed by atoms with Crippen LogP contribution in [-0.2, 0) is 9.53 Å². The molecular weight excluding hydrogens is 457 g/mol. The molecule has 0 aromatic heterocycles. The highest BCUT2D eigenvalue weighted by molar-refractivity contribution is 14.0. The molecule has 0 saturated carbocycles. The van der Waals surface area contributed by atoms with Crippen LogP contribution >= 0.6 is 24.0 Å². The Morgan fingerprint density at radius 2 is 1.78 bits per heavy atom. The van der Waals surface area contributed by atoms with Crippen molar-refractivity contribution >= 4 is 35.8 Å². The quantitative estimate of drug-likeness (QED) is 0.207. The van der Waals surface area contributed by atoms with E-state index in [1.54, 1.807) is 7.05 Å². The molecule has 0 radical (unpaired) electrons. The molecule has 160 valence electrons. The Balaban J connectivity index is 0.00000676. The highest BCUT2D eigenvalue weighted by atomic mass is 127. The number of halogens is 1. The van der Waals surface area contributed by atoms with Crippen LogP contribution in [0.2, 0.25) is 0 Å². The molecule has 1 amide bonds. The number of ether oxygens (including phenoxy) is 1. The topological polar surface area (TPSA) is 78.0 Å². The van der Waals surface area contributed by atoms with Gasteiger partial charge in [0.05, 0.1) is 12.7 Å². The Morgan fingerprint density at radius 3 is 2.30 bits per heavy atom. The number of nitrogens with zero attached hydrogens (tertiary/aromatic N) is 2. The van der Waals surface area contributed by atoms with Crippen LogP contribution in [0, 0.1) is 5.41 Å². The van der Waals surface area contributed by atoms with Gasteiger partial charge in [0.1, 0.15) is 0 Å². The van der Waals surface area contributed by atoms with Crippen LogP contribution in [-0.4, -0.2) is 75.3 Å². The van der Waals surface area contributed by atoms with Crippen LogP contribution in [0.5, 0.6) is 0 Å². The van der Waals surface area contributed by atoms with Crippen molar-refractivity contribution in [1.29, 1.82) is 0 Å². The van der Waals surface area contributed by atoms with E-state index in [0.717, 1.165) is 45.0 Å². The van der Waals surface area contributed by atoms with E-state index in [-0.39, 0.29) is 35.3 Å². The van der Waals surface area contributed by atoms with Crippen LogP contribution in [0.15, 0.2) is 4.99 Å². The molecule has 1 aliphatic heterocycles. The predicted molar refractivity (Wildman–Crippen MR) is 123 cm³/mol. The summed E-state index contributed by atoms with van der Waals surface area (Å²) in [6, 6.07) is 0.438. The lowest BCUT2D eigenvalue weighted by molar-refractivity contribution is -0.128. The van der Waals surface area contributed by atoms with Crippen molar-refractivity contribution in [2.75, 3.05) is 46.4 Å². The number of aliphatic imine (C=N–C) groups is 1. The first-order valence-corrected chi connectivity index (χ1v) is 9.81. The summed E-state index contributed by atoms with van der Waals surface area (Å²) in [6.45, 7) is 15.1. The normalized spacial score (nSPS) is 16.8. The van der Waals surface area contributed by atoms with E-state index in [9.17, 15) is 4.79 Å². The molecule has 1 aliphatic rings. The number of piperidine rings is 1. The molecule has 0 aromatic rings. The summed E-state index contributed by atoms with van der Waals surface area (Å²) in [4.78, 5) is 18.6. The average molecular weight is 497 g/mol. The maximum atomic E-state index is 11.8. The molecule has 1 fully saturated rings. The molecule has 0 aliphatic carbocycles. The number of nitrogens with one attached hydrogen (secondary N) is 3. The third kappa shape index (κ3) is 11.7. The lowest BCUT2D eigenvalue weighted by atomic mass is 9.96. The van der Waals surface area contributed by atoms with Gasteiger partial charge in [-0.15, -0.1) is 24.0 Å². The summed E-state index contributed by atoms with van der Waals surface area (Å²) in [5, 5.41) is 9.70. The van der Waals surface area contributed by atoms with Crippen molar-refractivity contribution in [3.63, 3.8) is 0 Å².